The van der Waals surface area contributed by atoms with Crippen LogP contribution >= 0.6 is 24.1 Å². The number of anilines is 1. The van der Waals surface area contributed by atoms with Gasteiger partial charge in [-0.2, -0.15) is 8.67 Å². The summed E-state index contributed by atoms with van der Waals surface area (Å²) in [5.74, 6) is -0.774. The van der Waals surface area contributed by atoms with Crippen molar-refractivity contribution in [3.05, 3.63) is 48.5 Å². The van der Waals surface area contributed by atoms with Gasteiger partial charge in [0.1, 0.15) is 31.6 Å². The second-order valence-corrected chi connectivity index (χ2v) is 11.6. The van der Waals surface area contributed by atoms with Crippen molar-refractivity contribution in [1.29, 1.82) is 0 Å². The first-order valence-electron chi connectivity index (χ1n) is 10.1. The van der Waals surface area contributed by atoms with Gasteiger partial charge in [0.2, 0.25) is 0 Å². The molecule has 0 aliphatic carbocycles. The Hall–Kier alpha value is -0.730. The molecule has 0 unspecified atom stereocenters. The Kier molecular flexibility index (Phi) is 17.7. The summed E-state index contributed by atoms with van der Waals surface area (Å²) in [5.41, 5.74) is 4.24. The number of nitrogen functional groups attached to an aromatic ring is 1. The first-order valence-corrected chi connectivity index (χ1v) is 14.4. The van der Waals surface area contributed by atoms with Crippen LogP contribution in [-0.2, 0) is 39.0 Å². The Bertz CT molecular complexity index is 1880. The van der Waals surface area contributed by atoms with E-state index in [-0.39, 0.29) is 119 Å². The zero-order chi connectivity index (χ0) is 29.2. The maximum Gasteiger partial charge on any atom is 1.00 e. The van der Waals surface area contributed by atoms with E-state index in [2.05, 4.69) is 29.0 Å². The summed E-state index contributed by atoms with van der Waals surface area (Å²) in [6, 6.07) is 9.74. The number of azo groups is 1. The first-order chi connectivity index (χ1) is 18.9. The summed E-state index contributed by atoms with van der Waals surface area (Å²) in [6.45, 7) is 0. The van der Waals surface area contributed by atoms with Crippen molar-refractivity contribution < 1.29 is 136 Å². The van der Waals surface area contributed by atoms with Crippen molar-refractivity contribution in [2.24, 2.45) is 10.2 Å². The van der Waals surface area contributed by atoms with E-state index < -0.39 is 52.8 Å². The van der Waals surface area contributed by atoms with E-state index in [0.717, 1.165) is 18.2 Å². The van der Waals surface area contributed by atoms with Crippen molar-refractivity contribution >= 4 is 82.9 Å². The molecule has 4 rings (SSSR count). The molecular weight excluding hydrogens is 646 g/mol. The van der Waals surface area contributed by atoms with Gasteiger partial charge in [0, 0.05) is 26.7 Å². The molecule has 0 radical (unpaired) electrons. The number of hydrogen-bond donors (Lipinski definition) is 2. The molecule has 0 atom stereocenters. The quantitative estimate of drug-likeness (QED) is 0.0305. The van der Waals surface area contributed by atoms with Gasteiger partial charge >= 0.3 is 75.4 Å². The molecule has 0 aromatic heterocycles. The van der Waals surface area contributed by atoms with Crippen LogP contribution < -0.4 is 91.7 Å². The second kappa shape index (κ2) is 18.0. The molecule has 212 valence electrons. The van der Waals surface area contributed by atoms with Crippen molar-refractivity contribution in [2.75, 3.05) is 5.73 Å². The number of nitrogens with two attached hydrogens (primary N) is 1. The molecule has 16 nitrogen and oxygen atoms in total. The third-order valence-electron chi connectivity index (χ3n) is 5.23. The van der Waals surface area contributed by atoms with E-state index in [4.69, 9.17) is 5.73 Å². The Labute approximate surface area is 305 Å². The monoisotopic (exact) mass is 657 g/mol. The summed E-state index contributed by atoms with van der Waals surface area (Å²) in [4.78, 5) is -1.80. The first kappa shape index (κ1) is 43.3. The predicted molar refractivity (Wildman–Crippen MR) is 130 cm³/mol. The van der Waals surface area contributed by atoms with Crippen LogP contribution in [0.15, 0.2) is 78.3 Å². The van der Waals surface area contributed by atoms with E-state index in [1.54, 1.807) is 0 Å². The van der Waals surface area contributed by atoms with Gasteiger partial charge in [-0.3, -0.25) is 10.1 Å². The van der Waals surface area contributed by atoms with Crippen LogP contribution in [0, 0.1) is 0 Å². The van der Waals surface area contributed by atoms with Crippen LogP contribution in [-0.4, -0.2) is 31.0 Å². The Morgan fingerprint density at radius 3 is 1.84 bits per heavy atom. The van der Waals surface area contributed by atoms with E-state index in [1.165, 1.54) is 30.3 Å². The van der Waals surface area contributed by atoms with Gasteiger partial charge in [-0.05, 0) is 35.7 Å². The molecule has 0 saturated heterocycles. The summed E-state index contributed by atoms with van der Waals surface area (Å²) >= 11 is 0.593. The third kappa shape index (κ3) is 9.42. The zero-order valence-electron chi connectivity index (χ0n) is 23.1. The van der Waals surface area contributed by atoms with Crippen molar-refractivity contribution in [3.63, 3.8) is 0 Å². The van der Waals surface area contributed by atoms with E-state index in [0.29, 0.717) is 12.0 Å². The minimum absolute atomic E-state index is 0. The van der Waals surface area contributed by atoms with Crippen LogP contribution in [0.4, 0.5) is 17.1 Å². The second-order valence-electron chi connectivity index (χ2n) is 7.46. The van der Waals surface area contributed by atoms with Gasteiger partial charge in [-0.1, -0.05) is 18.2 Å². The molecule has 0 heterocycles. The van der Waals surface area contributed by atoms with E-state index >= 15 is 0 Å². The number of phenols is 1. The fourth-order valence-electron chi connectivity index (χ4n) is 3.76. The number of benzene rings is 4. The number of phenolic OH excluding ortho intramolecular Hbond substituents is 1. The summed E-state index contributed by atoms with van der Waals surface area (Å²) in [6.07, 6.45) is 0. The van der Waals surface area contributed by atoms with Crippen LogP contribution in [0.25, 0.3) is 21.5 Å². The number of hydrogen-bond acceptors (Lipinski definition) is 18. The molecule has 0 bridgehead atoms. The largest absolute Gasteiger partial charge is 1.00 e. The average Bonchev–Trinajstić information content (AvgIpc) is 2.88. The fraction of sp³-hybridized carbons (Fsp3) is 0. The average molecular weight is 657 g/mol. The van der Waals surface area contributed by atoms with Gasteiger partial charge in [-0.15, -0.1) is 10.2 Å². The normalized spacial score (nSPS) is 11.5. The molecule has 0 aliphatic heterocycles. The molecule has 3 N–H and O–H groups in total. The van der Waals surface area contributed by atoms with Crippen LogP contribution in [0.2, 0.25) is 0 Å². The topological polar surface area (TPSA) is 268 Å². The Morgan fingerprint density at radius 2 is 1.27 bits per heavy atom. The fourth-order valence-corrected chi connectivity index (χ4v) is 6.35. The van der Waals surface area contributed by atoms with Gasteiger partial charge in [0.05, 0.1) is 38.8 Å². The van der Waals surface area contributed by atoms with Gasteiger partial charge in [0.15, 0.2) is 5.75 Å². The molecule has 0 amide bonds. The van der Waals surface area contributed by atoms with E-state index in [9.17, 15) is 41.6 Å². The van der Waals surface area contributed by atoms with Crippen molar-refractivity contribution in [3.8, 4) is 5.75 Å². The standard InChI is InChI=1S/C20H15N3O13S4.4Li/c21-13-6-4-10-12(19(13)39(27,28)29)8-16(38-36-34-26)17(18(10)24)23-22-14-7-5-9-11(20(14)40(30,31)32)2-1-3-15(9)37-35-33-25;;;;/h1-8,24-26H,21H2,(H,27,28,29)(H,30,31,32);;;;/q;4*+1/p-4. The predicted octanol–water partition coefficient (Wildman–Crippen LogP) is -10.0. The number of nitrogens with zero attached hydrogens (tertiary/aromatic N) is 2. The number of fused-ring (bicyclic) bond motifs is 2. The maximum absolute atomic E-state index is 12.2. The number of rotatable bonds is 10. The minimum Gasteiger partial charge on any atom is -0.744 e. The van der Waals surface area contributed by atoms with Crippen LogP contribution in [0.1, 0.15) is 0 Å². The van der Waals surface area contributed by atoms with Crippen molar-refractivity contribution in [1.82, 2.24) is 0 Å². The van der Waals surface area contributed by atoms with Crippen molar-refractivity contribution in [2.45, 2.75) is 19.6 Å². The number of aromatic hydroxyl groups is 1. The van der Waals surface area contributed by atoms with Crippen LogP contribution in [0.5, 0.6) is 5.75 Å². The molecular formula is C20H11Li4N3O13S4. The smallest absolute Gasteiger partial charge is 0.744 e. The van der Waals surface area contributed by atoms with Crippen LogP contribution in [0.3, 0.4) is 0 Å². The third-order valence-corrected chi connectivity index (χ3v) is 8.39. The Balaban J connectivity index is 0.00000462. The minimum atomic E-state index is -5.21. The molecule has 24 heteroatoms. The maximum atomic E-state index is 12.2. The van der Waals surface area contributed by atoms with Gasteiger partial charge in [-0.25, -0.2) is 16.8 Å². The van der Waals surface area contributed by atoms with Gasteiger partial charge < -0.3 is 30.5 Å². The molecule has 44 heavy (non-hydrogen) atoms. The molecule has 4 aromatic rings. The zero-order valence-corrected chi connectivity index (χ0v) is 26.3. The molecule has 4 aromatic carbocycles. The van der Waals surface area contributed by atoms with Gasteiger partial charge in [0.25, 0.3) is 0 Å². The molecule has 0 fully saturated rings. The SMILES string of the molecule is Nc1ccc2c(O)c(N=Nc3ccc4c(SOO[O-])cccc4c3S(=O)(=O)[O-])c(SOO[O-])cc2c1S(=O)(=O)[O-].[Li+].[Li+].[Li+].[Li+]. The molecule has 0 spiro atoms. The summed E-state index contributed by atoms with van der Waals surface area (Å²) in [7, 11) is -10.4. The summed E-state index contributed by atoms with van der Waals surface area (Å²) in [5, 5.41) is 45.2. The molecule has 0 aliphatic rings. The van der Waals surface area contributed by atoms with E-state index in [1.807, 2.05) is 0 Å². The Morgan fingerprint density at radius 1 is 0.705 bits per heavy atom. The molecule has 0 saturated carbocycles. The summed E-state index contributed by atoms with van der Waals surface area (Å²) < 4.78 is 80.7.